The summed E-state index contributed by atoms with van der Waals surface area (Å²) < 4.78 is 6.29. The molecule has 0 aliphatic carbocycles. The van der Waals surface area contributed by atoms with Crippen molar-refractivity contribution in [1.29, 1.82) is 0 Å². The standard InChI is InChI=1S/C14H17IN4O/c1-20-12-5-2-4-11(8-12)19(7-3-6-16)14-13(15)9-17-10-18-14/h2,4-5,8-10H,3,6-7,16H2,1H3. The number of hydrogen-bond donors (Lipinski definition) is 1. The first-order valence-electron chi connectivity index (χ1n) is 6.33. The summed E-state index contributed by atoms with van der Waals surface area (Å²) in [4.78, 5) is 10.6. The molecule has 0 spiro atoms. The summed E-state index contributed by atoms with van der Waals surface area (Å²) in [7, 11) is 1.66. The molecule has 20 heavy (non-hydrogen) atoms. The molecule has 1 heterocycles. The van der Waals surface area contributed by atoms with Gasteiger partial charge in [0.05, 0.1) is 10.7 Å². The van der Waals surface area contributed by atoms with Crippen LogP contribution in [0.3, 0.4) is 0 Å². The van der Waals surface area contributed by atoms with E-state index in [9.17, 15) is 0 Å². The molecule has 1 aromatic carbocycles. The topological polar surface area (TPSA) is 64.3 Å². The van der Waals surface area contributed by atoms with Crippen molar-refractivity contribution < 1.29 is 4.74 Å². The van der Waals surface area contributed by atoms with Crippen LogP contribution in [0.15, 0.2) is 36.8 Å². The Hall–Kier alpha value is -1.41. The van der Waals surface area contributed by atoms with Gasteiger partial charge in [0.1, 0.15) is 17.9 Å². The summed E-state index contributed by atoms with van der Waals surface area (Å²) in [6.07, 6.45) is 4.25. The normalized spacial score (nSPS) is 10.3. The van der Waals surface area contributed by atoms with Gasteiger partial charge < -0.3 is 15.4 Å². The fraction of sp³-hybridized carbons (Fsp3) is 0.286. The first-order valence-corrected chi connectivity index (χ1v) is 7.41. The quantitative estimate of drug-likeness (QED) is 0.776. The molecule has 1 aromatic heterocycles. The van der Waals surface area contributed by atoms with Crippen molar-refractivity contribution in [1.82, 2.24) is 9.97 Å². The van der Waals surface area contributed by atoms with E-state index in [1.165, 1.54) is 0 Å². The maximum absolute atomic E-state index is 5.64. The van der Waals surface area contributed by atoms with Gasteiger partial charge in [0.15, 0.2) is 0 Å². The van der Waals surface area contributed by atoms with Gasteiger partial charge in [-0.25, -0.2) is 9.97 Å². The van der Waals surface area contributed by atoms with Gasteiger partial charge in [-0.1, -0.05) is 6.07 Å². The van der Waals surface area contributed by atoms with Gasteiger partial charge in [-0.2, -0.15) is 0 Å². The van der Waals surface area contributed by atoms with Crippen molar-refractivity contribution in [2.24, 2.45) is 5.73 Å². The lowest BCUT2D eigenvalue weighted by molar-refractivity contribution is 0.415. The van der Waals surface area contributed by atoms with Crippen LogP contribution in [0.4, 0.5) is 11.5 Å². The number of halogens is 1. The van der Waals surface area contributed by atoms with Crippen LogP contribution in [0.25, 0.3) is 0 Å². The molecular formula is C14H17IN4O. The van der Waals surface area contributed by atoms with E-state index in [1.807, 2.05) is 24.3 Å². The van der Waals surface area contributed by atoms with Crippen LogP contribution in [0.5, 0.6) is 5.75 Å². The van der Waals surface area contributed by atoms with E-state index in [1.54, 1.807) is 19.6 Å². The maximum atomic E-state index is 5.64. The summed E-state index contributed by atoms with van der Waals surface area (Å²) in [5.74, 6) is 1.71. The molecule has 0 fully saturated rings. The zero-order chi connectivity index (χ0) is 14.4. The second kappa shape index (κ2) is 7.39. The van der Waals surface area contributed by atoms with Gasteiger partial charge in [-0.3, -0.25) is 0 Å². The van der Waals surface area contributed by atoms with Crippen LogP contribution < -0.4 is 15.4 Å². The molecule has 2 N–H and O–H groups in total. The maximum Gasteiger partial charge on any atom is 0.149 e. The molecule has 2 aromatic rings. The van der Waals surface area contributed by atoms with E-state index in [0.717, 1.165) is 33.8 Å². The monoisotopic (exact) mass is 384 g/mol. The molecule has 0 saturated carbocycles. The highest BCUT2D eigenvalue weighted by atomic mass is 127. The first-order chi connectivity index (χ1) is 9.76. The van der Waals surface area contributed by atoms with Crippen LogP contribution in [0.1, 0.15) is 6.42 Å². The molecule has 0 atom stereocenters. The molecule has 0 aliphatic rings. The SMILES string of the molecule is COc1cccc(N(CCCN)c2ncncc2I)c1. The third-order valence-electron chi connectivity index (χ3n) is 2.85. The van der Waals surface area contributed by atoms with Gasteiger partial charge in [0.2, 0.25) is 0 Å². The minimum absolute atomic E-state index is 0.641. The van der Waals surface area contributed by atoms with Gasteiger partial charge in [0, 0.05) is 24.5 Å². The van der Waals surface area contributed by atoms with Crippen molar-refractivity contribution >= 4 is 34.1 Å². The van der Waals surface area contributed by atoms with Crippen molar-refractivity contribution in [3.63, 3.8) is 0 Å². The molecule has 0 bridgehead atoms. The summed E-state index contributed by atoms with van der Waals surface area (Å²) in [5.41, 5.74) is 6.68. The average Bonchev–Trinajstić information content (AvgIpc) is 2.49. The van der Waals surface area contributed by atoms with Crippen LogP contribution in [0.2, 0.25) is 0 Å². The molecule has 0 radical (unpaired) electrons. The van der Waals surface area contributed by atoms with Gasteiger partial charge >= 0.3 is 0 Å². The van der Waals surface area contributed by atoms with Crippen molar-refractivity contribution in [3.05, 3.63) is 40.4 Å². The molecule has 0 aliphatic heterocycles. The highest BCUT2D eigenvalue weighted by Gasteiger charge is 2.14. The fourth-order valence-electron chi connectivity index (χ4n) is 1.89. The highest BCUT2D eigenvalue weighted by molar-refractivity contribution is 14.1. The predicted octanol–water partition coefficient (Wildman–Crippen LogP) is 2.58. The Morgan fingerprint density at radius 3 is 2.95 bits per heavy atom. The summed E-state index contributed by atoms with van der Waals surface area (Å²) in [6, 6.07) is 7.93. The predicted molar refractivity (Wildman–Crippen MR) is 88.4 cm³/mol. The Bertz CT molecular complexity index is 564. The lowest BCUT2D eigenvalue weighted by Gasteiger charge is -2.24. The number of methoxy groups -OCH3 is 1. The Balaban J connectivity index is 2.38. The molecular weight excluding hydrogens is 367 g/mol. The largest absolute Gasteiger partial charge is 0.497 e. The molecule has 0 amide bonds. The number of nitrogens with zero attached hydrogens (tertiary/aromatic N) is 3. The van der Waals surface area contributed by atoms with Crippen LogP contribution in [-0.2, 0) is 0 Å². The van der Waals surface area contributed by atoms with Crippen LogP contribution in [0, 0.1) is 3.57 Å². The third-order valence-corrected chi connectivity index (χ3v) is 3.62. The minimum atomic E-state index is 0.641. The lowest BCUT2D eigenvalue weighted by Crippen LogP contribution is -2.23. The summed E-state index contributed by atoms with van der Waals surface area (Å²) >= 11 is 2.24. The zero-order valence-corrected chi connectivity index (χ0v) is 13.4. The first kappa shape index (κ1) is 15.0. The number of rotatable bonds is 6. The molecule has 0 unspecified atom stereocenters. The van der Waals surface area contributed by atoms with E-state index in [-0.39, 0.29) is 0 Å². The number of nitrogens with two attached hydrogens (primary N) is 1. The summed E-state index contributed by atoms with van der Waals surface area (Å²) in [6.45, 7) is 1.44. The van der Waals surface area contributed by atoms with Crippen molar-refractivity contribution in [2.45, 2.75) is 6.42 Å². The molecule has 6 heteroatoms. The van der Waals surface area contributed by atoms with E-state index in [4.69, 9.17) is 10.5 Å². The zero-order valence-electron chi connectivity index (χ0n) is 11.3. The lowest BCUT2D eigenvalue weighted by atomic mass is 10.2. The Morgan fingerprint density at radius 2 is 2.25 bits per heavy atom. The molecule has 5 nitrogen and oxygen atoms in total. The summed E-state index contributed by atoms with van der Waals surface area (Å²) in [5, 5.41) is 0. The molecule has 106 valence electrons. The second-order valence-electron chi connectivity index (χ2n) is 4.19. The number of hydrogen-bond acceptors (Lipinski definition) is 5. The van der Waals surface area contributed by atoms with Crippen molar-refractivity contribution in [2.75, 3.05) is 25.1 Å². The molecule has 2 rings (SSSR count). The number of benzene rings is 1. The Morgan fingerprint density at radius 1 is 1.40 bits per heavy atom. The number of anilines is 2. The van der Waals surface area contributed by atoms with E-state index >= 15 is 0 Å². The third kappa shape index (κ3) is 3.57. The highest BCUT2D eigenvalue weighted by Crippen LogP contribution is 2.29. The average molecular weight is 384 g/mol. The smallest absolute Gasteiger partial charge is 0.149 e. The van der Waals surface area contributed by atoms with Gasteiger partial charge in [0.25, 0.3) is 0 Å². The van der Waals surface area contributed by atoms with E-state index in [0.29, 0.717) is 6.54 Å². The van der Waals surface area contributed by atoms with Gasteiger partial charge in [-0.05, 0) is 47.7 Å². The minimum Gasteiger partial charge on any atom is -0.497 e. The van der Waals surface area contributed by atoms with E-state index < -0.39 is 0 Å². The van der Waals surface area contributed by atoms with Crippen molar-refractivity contribution in [3.8, 4) is 5.75 Å². The Kier molecular flexibility index (Phi) is 5.54. The van der Waals surface area contributed by atoms with Crippen LogP contribution in [-0.4, -0.2) is 30.2 Å². The van der Waals surface area contributed by atoms with E-state index in [2.05, 4.69) is 37.5 Å². The van der Waals surface area contributed by atoms with Gasteiger partial charge in [-0.15, -0.1) is 0 Å². The second-order valence-corrected chi connectivity index (χ2v) is 5.35. The molecule has 0 saturated heterocycles. The van der Waals surface area contributed by atoms with Crippen LogP contribution >= 0.6 is 22.6 Å². The number of aromatic nitrogens is 2. The Labute approximate surface area is 132 Å². The fourth-order valence-corrected chi connectivity index (χ4v) is 2.48. The number of ether oxygens (including phenoxy) is 1.